The van der Waals surface area contributed by atoms with E-state index in [1.54, 1.807) is 0 Å². The van der Waals surface area contributed by atoms with Crippen LogP contribution in [0.3, 0.4) is 0 Å². The molecule has 0 radical (unpaired) electrons. The van der Waals surface area contributed by atoms with Crippen LogP contribution in [-0.4, -0.2) is 18.4 Å². The van der Waals surface area contributed by atoms with Gasteiger partial charge in [0, 0.05) is 0 Å². The van der Waals surface area contributed by atoms with E-state index in [2.05, 4.69) is 4.74 Å². The first kappa shape index (κ1) is 18.5. The Labute approximate surface area is 79.3 Å². The van der Waals surface area contributed by atoms with Crippen LogP contribution in [0.2, 0.25) is 0 Å². The van der Waals surface area contributed by atoms with E-state index in [0.717, 1.165) is 6.92 Å². The molecule has 1 nitrogen and oxygen atoms in total. The fourth-order valence-corrected chi connectivity index (χ4v) is 0.538. The van der Waals surface area contributed by atoms with Crippen molar-refractivity contribution in [1.29, 1.82) is 0 Å². The zero-order valence-electron chi connectivity index (χ0n) is 6.96. The summed E-state index contributed by atoms with van der Waals surface area (Å²) in [6.45, 7) is 3.40. The fraction of sp³-hybridized carbons (Fsp3) is 1.00. The quantitative estimate of drug-likeness (QED) is 0.668. The molecule has 0 heterocycles. The van der Waals surface area contributed by atoms with Gasteiger partial charge in [0.05, 0.1) is 6.61 Å². The van der Waals surface area contributed by atoms with E-state index in [-0.39, 0.29) is 27.9 Å². The molecule has 0 fully saturated rings. The zero-order valence-corrected chi connectivity index (χ0v) is 6.96. The van der Waals surface area contributed by atoms with Crippen molar-refractivity contribution < 1.29 is 17.9 Å². The Morgan fingerprint density at radius 2 is 1.46 bits per heavy atom. The van der Waals surface area contributed by atoms with Crippen molar-refractivity contribution in [2.75, 3.05) is 6.61 Å². The largest absolute Gasteiger partial charge is 0.389 e. The van der Waals surface area contributed by atoms with Crippen LogP contribution in [0, 0.1) is 0 Å². The van der Waals surface area contributed by atoms with Crippen LogP contribution in [0.4, 0.5) is 13.2 Å². The minimum Gasteiger partial charge on any atom is -0.318 e. The van der Waals surface area contributed by atoms with Crippen molar-refractivity contribution in [3.8, 4) is 0 Å². The second-order valence-corrected chi connectivity index (χ2v) is 2.50. The summed E-state index contributed by atoms with van der Waals surface area (Å²) in [5.41, 5.74) is -2.57. The monoisotopic (exact) mass is 202 g/mol. The highest BCUT2D eigenvalue weighted by Crippen LogP contribution is 2.35. The topological polar surface area (TPSA) is 9.23 Å². The molecule has 1 atom stereocenters. The summed E-state index contributed by atoms with van der Waals surface area (Å²) < 4.78 is 42.1. The lowest BCUT2D eigenvalue weighted by Crippen LogP contribution is -2.43. The van der Waals surface area contributed by atoms with Crippen LogP contribution in [-0.2, 0) is 4.74 Å². The molecule has 0 saturated carbocycles. The van der Waals surface area contributed by atoms with Crippen molar-refractivity contribution in [2.24, 2.45) is 0 Å². The van der Waals surface area contributed by atoms with Crippen LogP contribution in [0.25, 0.3) is 0 Å². The Balaban J connectivity index is -0.000000500. The van der Waals surface area contributed by atoms with Gasteiger partial charge in [-0.15, -0.1) is 0 Å². The molecule has 0 aliphatic rings. The molecule has 0 saturated heterocycles. The van der Waals surface area contributed by atoms with Gasteiger partial charge in [0.1, 0.15) is 0 Å². The molecule has 0 rings (SSSR count). The smallest absolute Gasteiger partial charge is 0.318 e. The second-order valence-electron chi connectivity index (χ2n) is 2.50. The summed E-state index contributed by atoms with van der Waals surface area (Å²) in [7, 11) is 0. The predicted molar refractivity (Wildman–Crippen MR) is 49.8 cm³/mol. The lowest BCUT2D eigenvalue weighted by Gasteiger charge is -2.27. The maximum Gasteiger partial charge on any atom is 0.389 e. The number of hydrogen-bond acceptors (Lipinski definition) is 1. The van der Waals surface area contributed by atoms with Gasteiger partial charge < -0.3 is 4.74 Å². The van der Waals surface area contributed by atoms with Crippen molar-refractivity contribution in [3.63, 3.8) is 0 Å². The van der Waals surface area contributed by atoms with Gasteiger partial charge in [0.2, 0.25) is 0 Å². The molecule has 0 aromatic heterocycles. The molecular formula is C9H21F3O. The van der Waals surface area contributed by atoms with Crippen molar-refractivity contribution in [2.45, 2.75) is 53.8 Å². The number of halogens is 3. The summed E-state index contributed by atoms with van der Waals surface area (Å²) in [5, 5.41) is 0. The maximum atomic E-state index is 12.9. The Kier molecular flexibility index (Phi) is 8.89. The summed E-state index contributed by atoms with van der Waals surface area (Å²) >= 11 is 0. The number of alkyl halides is 3. The highest BCUT2D eigenvalue weighted by Gasteiger charge is 2.50. The number of hydrogen-bond donors (Lipinski definition) is 0. The third-order valence-electron chi connectivity index (χ3n) is 1.60. The maximum absolute atomic E-state index is 12.9. The van der Waals surface area contributed by atoms with E-state index in [4.69, 9.17) is 0 Å². The molecule has 0 amide bonds. The van der Waals surface area contributed by atoms with E-state index in [1.165, 1.54) is 13.8 Å². The molecule has 0 aromatic carbocycles. The van der Waals surface area contributed by atoms with Gasteiger partial charge in [-0.05, 0) is 20.3 Å². The zero-order chi connectivity index (χ0) is 9.12. The van der Waals surface area contributed by atoms with Gasteiger partial charge >= 0.3 is 6.11 Å². The molecule has 0 bridgehead atoms. The molecule has 0 spiro atoms. The van der Waals surface area contributed by atoms with Gasteiger partial charge in [-0.25, -0.2) is 4.39 Å². The van der Waals surface area contributed by atoms with Crippen LogP contribution in [0.1, 0.15) is 42.0 Å². The summed E-state index contributed by atoms with van der Waals surface area (Å²) in [4.78, 5) is 0. The molecule has 84 valence electrons. The Morgan fingerprint density at radius 1 is 1.08 bits per heavy atom. The van der Waals surface area contributed by atoms with Crippen molar-refractivity contribution in [1.82, 2.24) is 0 Å². The van der Waals surface area contributed by atoms with Crippen molar-refractivity contribution >= 4 is 0 Å². The number of rotatable bonds is 4. The van der Waals surface area contributed by atoms with Crippen molar-refractivity contribution in [3.05, 3.63) is 0 Å². The number of ether oxygens (including phenoxy) is 1. The van der Waals surface area contributed by atoms with Gasteiger partial charge in [-0.3, -0.25) is 0 Å². The first-order valence-corrected chi connectivity index (χ1v) is 3.58. The molecule has 4 heteroatoms. The summed E-state index contributed by atoms with van der Waals surface area (Å²) in [6, 6.07) is 0. The SMILES string of the molecule is C.C.CCOC(F)(F)C(C)(F)CC. The van der Waals surface area contributed by atoms with Crippen LogP contribution in [0.15, 0.2) is 0 Å². The van der Waals surface area contributed by atoms with Crippen LogP contribution < -0.4 is 0 Å². The fourth-order valence-electron chi connectivity index (χ4n) is 0.538. The van der Waals surface area contributed by atoms with Gasteiger partial charge in [-0.2, -0.15) is 8.78 Å². The van der Waals surface area contributed by atoms with E-state index < -0.39 is 11.8 Å². The Morgan fingerprint density at radius 3 is 1.69 bits per heavy atom. The molecule has 0 aliphatic carbocycles. The van der Waals surface area contributed by atoms with Crippen LogP contribution in [0.5, 0.6) is 0 Å². The minimum absolute atomic E-state index is 0. The van der Waals surface area contributed by atoms with E-state index >= 15 is 0 Å². The molecule has 0 aromatic rings. The molecule has 0 N–H and O–H groups in total. The summed E-state index contributed by atoms with van der Waals surface area (Å²) in [6.07, 6.45) is -3.93. The second kappa shape index (κ2) is 6.24. The van der Waals surface area contributed by atoms with Gasteiger partial charge in [0.15, 0.2) is 5.67 Å². The average molecular weight is 202 g/mol. The lowest BCUT2D eigenvalue weighted by atomic mass is 10.1. The molecular weight excluding hydrogens is 181 g/mol. The van der Waals surface area contributed by atoms with E-state index in [1.807, 2.05) is 0 Å². The Hall–Kier alpha value is -0.250. The predicted octanol–water partition coefficient (Wildman–Crippen LogP) is 4.03. The highest BCUT2D eigenvalue weighted by atomic mass is 19.3. The molecule has 13 heavy (non-hydrogen) atoms. The molecule has 1 unspecified atom stereocenters. The van der Waals surface area contributed by atoms with Gasteiger partial charge in [-0.1, -0.05) is 21.8 Å². The lowest BCUT2D eigenvalue weighted by molar-refractivity contribution is -0.303. The normalized spacial score (nSPS) is 15.2. The third-order valence-corrected chi connectivity index (χ3v) is 1.60. The standard InChI is InChI=1S/C7H13F3O.2CH4/c1-4-6(3,8)7(9,10)11-5-2;;/h4-5H2,1-3H3;2*1H4. The highest BCUT2D eigenvalue weighted by molar-refractivity contribution is 4.81. The van der Waals surface area contributed by atoms with Gasteiger partial charge in [0.25, 0.3) is 0 Å². The van der Waals surface area contributed by atoms with Crippen LogP contribution >= 0.6 is 0 Å². The minimum atomic E-state index is -3.67. The third kappa shape index (κ3) is 4.50. The molecule has 0 aliphatic heterocycles. The van der Waals surface area contributed by atoms with E-state index in [0.29, 0.717) is 0 Å². The van der Waals surface area contributed by atoms with E-state index in [9.17, 15) is 13.2 Å². The summed E-state index contributed by atoms with van der Waals surface area (Å²) in [5.74, 6) is 0. The Bertz CT molecular complexity index is 124. The first-order valence-electron chi connectivity index (χ1n) is 3.58. The average Bonchev–Trinajstić information content (AvgIpc) is 1.87. The first-order chi connectivity index (χ1) is 4.87.